The molecular weight excluding hydrogens is 300 g/mol. The average Bonchev–Trinajstić information content (AvgIpc) is 2.59. The fourth-order valence-electron chi connectivity index (χ4n) is 2.80. The van der Waals surface area contributed by atoms with E-state index in [1.165, 1.54) is 0 Å². The van der Waals surface area contributed by atoms with Crippen molar-refractivity contribution in [2.45, 2.75) is 19.9 Å². The molecule has 0 aliphatic heterocycles. The molecule has 1 amide bonds. The molecule has 0 aliphatic rings. The molecule has 1 heterocycles. The lowest BCUT2D eigenvalue weighted by molar-refractivity contribution is 0.0741. The van der Waals surface area contributed by atoms with Gasteiger partial charge >= 0.3 is 0 Å². The fourth-order valence-corrected chi connectivity index (χ4v) is 2.80. The smallest absolute Gasteiger partial charge is 0.260 e. The van der Waals surface area contributed by atoms with Crippen LogP contribution in [0, 0.1) is 6.92 Å². The number of nitrogens with zero attached hydrogens (tertiary/aromatic N) is 1. The van der Waals surface area contributed by atoms with Crippen molar-refractivity contribution in [2.24, 2.45) is 0 Å². The summed E-state index contributed by atoms with van der Waals surface area (Å²) in [5.41, 5.74) is 1.59. The van der Waals surface area contributed by atoms with Crippen LogP contribution in [0.1, 0.15) is 34.6 Å². The molecule has 1 aromatic heterocycles. The number of aromatic nitrogens is 1. The Labute approximate surface area is 140 Å². The topological polar surface area (TPSA) is 53.2 Å². The third kappa shape index (κ3) is 2.95. The second-order valence-corrected chi connectivity index (χ2v) is 6.08. The monoisotopic (exact) mass is 320 g/mol. The van der Waals surface area contributed by atoms with Crippen LogP contribution in [0.2, 0.25) is 0 Å². The highest BCUT2D eigenvalue weighted by Crippen LogP contribution is 2.24. The zero-order valence-corrected chi connectivity index (χ0v) is 14.0. The highest BCUT2D eigenvalue weighted by molar-refractivity contribution is 5.94. The van der Waals surface area contributed by atoms with E-state index in [-0.39, 0.29) is 23.1 Å². The van der Waals surface area contributed by atoms with Crippen LogP contribution in [0.25, 0.3) is 10.8 Å². The Morgan fingerprint density at radius 1 is 1.04 bits per heavy atom. The Balaban J connectivity index is 1.91. The first kappa shape index (κ1) is 16.0. The lowest BCUT2D eigenvalue weighted by Gasteiger charge is -2.25. The first-order valence-corrected chi connectivity index (χ1v) is 7.93. The molecule has 1 atom stereocenters. The molecule has 0 saturated heterocycles. The number of amides is 1. The van der Waals surface area contributed by atoms with Crippen molar-refractivity contribution in [1.29, 1.82) is 0 Å². The van der Waals surface area contributed by atoms with Crippen LogP contribution in [0.3, 0.4) is 0 Å². The normalized spacial score (nSPS) is 12.1. The number of pyridine rings is 1. The molecule has 0 aliphatic carbocycles. The molecule has 0 saturated carbocycles. The second-order valence-electron chi connectivity index (χ2n) is 6.08. The third-order valence-electron chi connectivity index (χ3n) is 4.44. The molecule has 24 heavy (non-hydrogen) atoms. The first-order chi connectivity index (χ1) is 11.5. The number of carbonyl (C=O) groups excluding carboxylic acids is 1. The zero-order chi connectivity index (χ0) is 17.3. The number of fused-ring (bicyclic) bond motifs is 1. The van der Waals surface area contributed by atoms with E-state index in [0.717, 1.165) is 22.0 Å². The number of benzene rings is 2. The Morgan fingerprint density at radius 2 is 1.75 bits per heavy atom. The molecule has 4 heteroatoms. The summed E-state index contributed by atoms with van der Waals surface area (Å²) >= 11 is 0. The van der Waals surface area contributed by atoms with E-state index in [1.54, 1.807) is 31.0 Å². The van der Waals surface area contributed by atoms with Gasteiger partial charge in [0.15, 0.2) is 0 Å². The van der Waals surface area contributed by atoms with Gasteiger partial charge in [-0.25, -0.2) is 0 Å². The maximum atomic E-state index is 12.7. The van der Waals surface area contributed by atoms with Gasteiger partial charge in [-0.2, -0.15) is 0 Å². The van der Waals surface area contributed by atoms with Crippen LogP contribution in [0.15, 0.2) is 59.4 Å². The Morgan fingerprint density at radius 3 is 2.46 bits per heavy atom. The minimum Gasteiger partial charge on any atom is -0.335 e. The quantitative estimate of drug-likeness (QED) is 0.800. The maximum absolute atomic E-state index is 12.7. The predicted molar refractivity (Wildman–Crippen MR) is 96.3 cm³/mol. The maximum Gasteiger partial charge on any atom is 0.260 e. The summed E-state index contributed by atoms with van der Waals surface area (Å²) in [6.07, 6.45) is 0. The molecule has 0 unspecified atom stereocenters. The van der Waals surface area contributed by atoms with Crippen molar-refractivity contribution in [1.82, 2.24) is 9.88 Å². The Kier molecular flexibility index (Phi) is 4.21. The minimum absolute atomic E-state index is 0.136. The van der Waals surface area contributed by atoms with E-state index in [0.29, 0.717) is 0 Å². The standard InChI is InChI=1S/C20H20N2O2/c1-13-8-11-18(19(23)21-13)20(24)22(3)14(2)16-10-9-15-6-4-5-7-17(15)12-16/h4-12,14H,1-3H3,(H,21,23)/t14-/m0/s1. The largest absolute Gasteiger partial charge is 0.335 e. The zero-order valence-electron chi connectivity index (χ0n) is 14.0. The molecule has 3 aromatic rings. The van der Waals surface area contributed by atoms with E-state index < -0.39 is 0 Å². The van der Waals surface area contributed by atoms with E-state index in [9.17, 15) is 9.59 Å². The Bertz CT molecular complexity index is 959. The molecule has 2 aromatic carbocycles. The number of aromatic amines is 1. The average molecular weight is 320 g/mol. The summed E-state index contributed by atoms with van der Waals surface area (Å²) < 4.78 is 0. The third-order valence-corrected chi connectivity index (χ3v) is 4.44. The van der Waals surface area contributed by atoms with Gasteiger partial charge in [0, 0.05) is 12.7 Å². The number of carbonyl (C=O) groups is 1. The summed E-state index contributed by atoms with van der Waals surface area (Å²) in [6, 6.07) is 17.5. The van der Waals surface area contributed by atoms with Crippen LogP contribution in [0.4, 0.5) is 0 Å². The number of aryl methyl sites for hydroxylation is 1. The number of H-pyrrole nitrogens is 1. The molecule has 0 bridgehead atoms. The van der Waals surface area contributed by atoms with Crippen LogP contribution in [-0.4, -0.2) is 22.8 Å². The number of hydrogen-bond acceptors (Lipinski definition) is 2. The summed E-state index contributed by atoms with van der Waals surface area (Å²) in [5, 5.41) is 2.30. The van der Waals surface area contributed by atoms with Crippen molar-refractivity contribution in [3.63, 3.8) is 0 Å². The van der Waals surface area contributed by atoms with Gasteiger partial charge < -0.3 is 9.88 Å². The molecule has 3 rings (SSSR count). The van der Waals surface area contributed by atoms with Crippen molar-refractivity contribution in [3.05, 3.63) is 81.8 Å². The molecule has 1 N–H and O–H groups in total. The molecule has 0 fully saturated rings. The molecule has 0 spiro atoms. The van der Waals surface area contributed by atoms with Crippen molar-refractivity contribution in [2.75, 3.05) is 7.05 Å². The van der Waals surface area contributed by atoms with Crippen molar-refractivity contribution >= 4 is 16.7 Å². The lowest BCUT2D eigenvalue weighted by Crippen LogP contribution is -2.33. The van der Waals surface area contributed by atoms with Crippen LogP contribution in [-0.2, 0) is 0 Å². The van der Waals surface area contributed by atoms with Gasteiger partial charge in [0.1, 0.15) is 5.56 Å². The van der Waals surface area contributed by atoms with Crippen molar-refractivity contribution < 1.29 is 4.79 Å². The van der Waals surface area contributed by atoms with Gasteiger partial charge in [-0.1, -0.05) is 36.4 Å². The summed E-state index contributed by atoms with van der Waals surface area (Å²) in [6.45, 7) is 3.75. The highest BCUT2D eigenvalue weighted by Gasteiger charge is 2.21. The van der Waals surface area contributed by atoms with Crippen LogP contribution >= 0.6 is 0 Å². The second kappa shape index (κ2) is 6.32. The number of nitrogens with one attached hydrogen (secondary N) is 1. The van der Waals surface area contributed by atoms with E-state index >= 15 is 0 Å². The first-order valence-electron chi connectivity index (χ1n) is 7.93. The van der Waals surface area contributed by atoms with Crippen LogP contribution < -0.4 is 5.56 Å². The van der Waals surface area contributed by atoms with Gasteiger partial charge in [0.05, 0.1) is 6.04 Å². The van der Waals surface area contributed by atoms with Gasteiger partial charge in [0.2, 0.25) is 0 Å². The molecular formula is C20H20N2O2. The predicted octanol–water partition coefficient (Wildman–Crippen LogP) is 3.67. The number of hydrogen-bond donors (Lipinski definition) is 1. The molecule has 4 nitrogen and oxygen atoms in total. The van der Waals surface area contributed by atoms with Gasteiger partial charge in [-0.3, -0.25) is 9.59 Å². The SMILES string of the molecule is Cc1ccc(C(=O)N(C)[C@@H](C)c2ccc3ccccc3c2)c(=O)[nH]1. The fraction of sp³-hybridized carbons (Fsp3) is 0.200. The summed E-state index contributed by atoms with van der Waals surface area (Å²) in [4.78, 5) is 29.0. The summed E-state index contributed by atoms with van der Waals surface area (Å²) in [7, 11) is 1.72. The lowest BCUT2D eigenvalue weighted by atomic mass is 10.0. The van der Waals surface area contributed by atoms with E-state index in [2.05, 4.69) is 29.2 Å². The van der Waals surface area contributed by atoms with Gasteiger partial charge in [-0.05, 0) is 48.4 Å². The number of rotatable bonds is 3. The van der Waals surface area contributed by atoms with Crippen molar-refractivity contribution in [3.8, 4) is 0 Å². The van der Waals surface area contributed by atoms with Gasteiger partial charge in [-0.15, -0.1) is 0 Å². The van der Waals surface area contributed by atoms with Gasteiger partial charge in [0.25, 0.3) is 11.5 Å². The summed E-state index contributed by atoms with van der Waals surface area (Å²) in [5.74, 6) is -0.281. The van der Waals surface area contributed by atoms with E-state index in [1.807, 2.05) is 25.1 Å². The highest BCUT2D eigenvalue weighted by atomic mass is 16.2. The van der Waals surface area contributed by atoms with Crippen LogP contribution in [0.5, 0.6) is 0 Å². The minimum atomic E-state index is -0.349. The van der Waals surface area contributed by atoms with E-state index in [4.69, 9.17) is 0 Å². The Hall–Kier alpha value is -2.88. The molecule has 122 valence electrons. The molecule has 0 radical (unpaired) electrons.